The molecule has 6 nitrogen and oxygen atoms in total. The van der Waals surface area contributed by atoms with E-state index >= 15 is 0 Å². The highest BCUT2D eigenvalue weighted by Gasteiger charge is 2.28. The summed E-state index contributed by atoms with van der Waals surface area (Å²) in [4.78, 5) is 9.51. The van der Waals surface area contributed by atoms with Crippen LogP contribution in [0.2, 0.25) is 0 Å². The second-order valence-electron chi connectivity index (χ2n) is 7.97. The van der Waals surface area contributed by atoms with Gasteiger partial charge < -0.3 is 20.3 Å². The lowest BCUT2D eigenvalue weighted by Crippen LogP contribution is -2.56. The Morgan fingerprint density at radius 2 is 1.79 bits per heavy atom. The zero-order valence-corrected chi connectivity index (χ0v) is 20.5. The Morgan fingerprint density at radius 1 is 1.14 bits per heavy atom. The monoisotopic (exact) mass is 503 g/mol. The van der Waals surface area contributed by atoms with Gasteiger partial charge in [0.05, 0.1) is 19.8 Å². The summed E-state index contributed by atoms with van der Waals surface area (Å²) in [5, 5.41) is 6.91. The SMILES string of the molecule is CCNC(=NCc1ccccc1CN(C)C)NCC(C)(C)N1CCOCC1.I. The van der Waals surface area contributed by atoms with Crippen molar-refractivity contribution in [1.82, 2.24) is 20.4 Å². The number of halogens is 1. The molecule has 2 N–H and O–H groups in total. The molecule has 0 unspecified atom stereocenters. The standard InChI is InChI=1S/C21H37N5O.HI/c1-6-22-20(24-17-21(2,3)26-11-13-27-14-12-26)23-15-18-9-7-8-10-19(18)16-25(4)5;/h7-10H,6,11-17H2,1-5H3,(H2,22,23,24);1H. The van der Waals surface area contributed by atoms with Crippen LogP contribution in [0.15, 0.2) is 29.3 Å². The normalized spacial score (nSPS) is 16.0. The molecule has 160 valence electrons. The lowest BCUT2D eigenvalue weighted by atomic mass is 10.0. The van der Waals surface area contributed by atoms with Gasteiger partial charge in [0.25, 0.3) is 0 Å². The second-order valence-corrected chi connectivity index (χ2v) is 7.97. The van der Waals surface area contributed by atoms with Crippen LogP contribution in [0.3, 0.4) is 0 Å². The minimum Gasteiger partial charge on any atom is -0.379 e. The fraction of sp³-hybridized carbons (Fsp3) is 0.667. The average molecular weight is 503 g/mol. The van der Waals surface area contributed by atoms with Crippen molar-refractivity contribution in [2.45, 2.75) is 39.4 Å². The fourth-order valence-electron chi connectivity index (χ4n) is 3.29. The summed E-state index contributed by atoms with van der Waals surface area (Å²) in [5.74, 6) is 0.874. The maximum atomic E-state index is 5.48. The summed E-state index contributed by atoms with van der Waals surface area (Å²) >= 11 is 0. The predicted molar refractivity (Wildman–Crippen MR) is 129 cm³/mol. The number of nitrogens with one attached hydrogen (secondary N) is 2. The van der Waals surface area contributed by atoms with Gasteiger partial charge in [-0.1, -0.05) is 24.3 Å². The molecule has 0 amide bonds. The van der Waals surface area contributed by atoms with Crippen molar-refractivity contribution in [3.8, 4) is 0 Å². The molecule has 28 heavy (non-hydrogen) atoms. The number of hydrogen-bond acceptors (Lipinski definition) is 4. The van der Waals surface area contributed by atoms with Crippen molar-refractivity contribution < 1.29 is 4.74 Å². The van der Waals surface area contributed by atoms with Crippen molar-refractivity contribution in [2.24, 2.45) is 4.99 Å². The third-order valence-corrected chi connectivity index (χ3v) is 4.91. The third kappa shape index (κ3) is 8.23. The van der Waals surface area contributed by atoms with E-state index in [0.717, 1.165) is 51.9 Å². The van der Waals surface area contributed by atoms with Crippen molar-refractivity contribution in [3.05, 3.63) is 35.4 Å². The van der Waals surface area contributed by atoms with E-state index in [1.54, 1.807) is 0 Å². The van der Waals surface area contributed by atoms with Crippen LogP contribution in [-0.2, 0) is 17.8 Å². The van der Waals surface area contributed by atoms with Gasteiger partial charge in [-0.25, -0.2) is 4.99 Å². The Hall–Kier alpha value is -0.900. The number of hydrogen-bond donors (Lipinski definition) is 2. The molecule has 1 aliphatic rings. The van der Waals surface area contributed by atoms with E-state index in [-0.39, 0.29) is 29.5 Å². The van der Waals surface area contributed by atoms with Crippen molar-refractivity contribution in [2.75, 3.05) is 53.5 Å². The topological polar surface area (TPSA) is 52.1 Å². The average Bonchev–Trinajstić information content (AvgIpc) is 2.65. The highest BCUT2D eigenvalue weighted by atomic mass is 127. The molecule has 0 aromatic heterocycles. The Labute approximate surface area is 188 Å². The first-order valence-corrected chi connectivity index (χ1v) is 9.99. The van der Waals surface area contributed by atoms with Crippen LogP contribution in [0.5, 0.6) is 0 Å². The Balaban J connectivity index is 0.00000392. The molecule has 1 aromatic rings. The maximum absolute atomic E-state index is 5.48. The minimum absolute atomic E-state index is 0. The van der Waals surface area contributed by atoms with Gasteiger partial charge >= 0.3 is 0 Å². The van der Waals surface area contributed by atoms with Gasteiger partial charge in [-0.05, 0) is 46.0 Å². The molecular formula is C21H38IN5O. The Kier molecular flexibility index (Phi) is 11.3. The largest absolute Gasteiger partial charge is 0.379 e. The highest BCUT2D eigenvalue weighted by Crippen LogP contribution is 2.15. The minimum atomic E-state index is 0. The number of nitrogens with zero attached hydrogens (tertiary/aromatic N) is 3. The third-order valence-electron chi connectivity index (χ3n) is 4.91. The molecule has 0 saturated carbocycles. The first-order chi connectivity index (χ1) is 12.9. The molecule has 0 bridgehead atoms. The summed E-state index contributed by atoms with van der Waals surface area (Å²) in [6, 6.07) is 8.54. The smallest absolute Gasteiger partial charge is 0.191 e. The summed E-state index contributed by atoms with van der Waals surface area (Å²) < 4.78 is 5.48. The van der Waals surface area contributed by atoms with Crippen molar-refractivity contribution in [1.29, 1.82) is 0 Å². The van der Waals surface area contributed by atoms with Crippen molar-refractivity contribution in [3.63, 3.8) is 0 Å². The first kappa shape index (κ1) is 25.1. The van der Waals surface area contributed by atoms with Crippen LogP contribution < -0.4 is 10.6 Å². The van der Waals surface area contributed by atoms with Gasteiger partial charge in [-0.15, -0.1) is 24.0 Å². The maximum Gasteiger partial charge on any atom is 0.191 e. The Bertz CT molecular complexity index is 600. The molecule has 0 radical (unpaired) electrons. The number of rotatable bonds is 8. The number of ether oxygens (including phenoxy) is 1. The molecular weight excluding hydrogens is 465 g/mol. The van der Waals surface area contributed by atoms with Crippen LogP contribution in [0.1, 0.15) is 31.9 Å². The molecule has 2 rings (SSSR count). The zero-order valence-electron chi connectivity index (χ0n) is 18.1. The molecule has 0 atom stereocenters. The highest BCUT2D eigenvalue weighted by molar-refractivity contribution is 14.0. The van der Waals surface area contributed by atoms with Gasteiger partial charge in [0.15, 0.2) is 5.96 Å². The lowest BCUT2D eigenvalue weighted by molar-refractivity contribution is -0.00834. The first-order valence-electron chi connectivity index (χ1n) is 9.99. The molecule has 0 spiro atoms. The molecule has 1 aromatic carbocycles. The van der Waals surface area contributed by atoms with Crippen LogP contribution >= 0.6 is 24.0 Å². The summed E-state index contributed by atoms with van der Waals surface area (Å²) in [6.45, 7) is 13.6. The van der Waals surface area contributed by atoms with Gasteiger partial charge in [0, 0.05) is 38.3 Å². The summed E-state index contributed by atoms with van der Waals surface area (Å²) in [6.07, 6.45) is 0. The van der Waals surface area contributed by atoms with Crippen LogP contribution in [-0.4, -0.2) is 74.8 Å². The van der Waals surface area contributed by atoms with E-state index < -0.39 is 0 Å². The lowest BCUT2D eigenvalue weighted by Gasteiger charge is -2.41. The van der Waals surface area contributed by atoms with E-state index in [0.29, 0.717) is 6.54 Å². The second kappa shape index (κ2) is 12.6. The van der Waals surface area contributed by atoms with Crippen LogP contribution in [0.4, 0.5) is 0 Å². The number of morpholine rings is 1. The van der Waals surface area contributed by atoms with E-state index in [9.17, 15) is 0 Å². The zero-order chi connectivity index (χ0) is 19.7. The van der Waals surface area contributed by atoms with E-state index in [1.165, 1.54) is 11.1 Å². The quantitative estimate of drug-likeness (QED) is 0.325. The predicted octanol–water partition coefficient (Wildman–Crippen LogP) is 2.53. The molecule has 7 heteroatoms. The number of benzene rings is 1. The molecule has 1 heterocycles. The molecule has 0 aliphatic carbocycles. The van der Waals surface area contributed by atoms with Gasteiger partial charge in [-0.3, -0.25) is 4.90 Å². The Morgan fingerprint density at radius 3 is 2.39 bits per heavy atom. The van der Waals surface area contributed by atoms with E-state index in [2.05, 4.69) is 79.6 Å². The van der Waals surface area contributed by atoms with E-state index in [1.807, 2.05) is 0 Å². The van der Waals surface area contributed by atoms with Crippen molar-refractivity contribution >= 4 is 29.9 Å². The van der Waals surface area contributed by atoms with Crippen LogP contribution in [0.25, 0.3) is 0 Å². The van der Waals surface area contributed by atoms with E-state index in [4.69, 9.17) is 9.73 Å². The number of aliphatic imine (C=N–C) groups is 1. The molecule has 1 saturated heterocycles. The summed E-state index contributed by atoms with van der Waals surface area (Å²) in [7, 11) is 4.19. The van der Waals surface area contributed by atoms with Crippen LogP contribution in [0, 0.1) is 0 Å². The fourth-order valence-corrected chi connectivity index (χ4v) is 3.29. The summed E-state index contributed by atoms with van der Waals surface area (Å²) in [5.41, 5.74) is 2.66. The van der Waals surface area contributed by atoms with Gasteiger partial charge in [-0.2, -0.15) is 0 Å². The molecule has 1 fully saturated rings. The number of guanidine groups is 1. The molecule has 1 aliphatic heterocycles. The van der Waals surface area contributed by atoms with Gasteiger partial charge in [0.2, 0.25) is 0 Å². The van der Waals surface area contributed by atoms with Gasteiger partial charge in [0.1, 0.15) is 0 Å².